The first-order chi connectivity index (χ1) is 15.7. The predicted molar refractivity (Wildman–Crippen MR) is 125 cm³/mol. The molecule has 1 aliphatic heterocycles. The van der Waals surface area contributed by atoms with E-state index in [1.54, 1.807) is 11.1 Å². The number of hydrogen-bond donors (Lipinski definition) is 3. The number of likely N-dealkylation sites (tertiary alicyclic amines) is 1. The lowest BCUT2D eigenvalue weighted by molar-refractivity contribution is -0.122. The lowest BCUT2D eigenvalue weighted by atomic mass is 9.88. The van der Waals surface area contributed by atoms with Gasteiger partial charge in [0, 0.05) is 31.2 Å². The molecule has 9 heteroatoms. The minimum Gasteiger partial charge on any atom is -0.444 e. The summed E-state index contributed by atoms with van der Waals surface area (Å²) in [6.07, 6.45) is 8.52. The van der Waals surface area contributed by atoms with Crippen LogP contribution < -0.4 is 11.1 Å². The van der Waals surface area contributed by atoms with E-state index >= 15 is 0 Å². The molecule has 3 heterocycles. The van der Waals surface area contributed by atoms with Gasteiger partial charge in [0.25, 0.3) is 0 Å². The summed E-state index contributed by atoms with van der Waals surface area (Å²) < 4.78 is 5.56. The average molecular weight is 453 g/mol. The van der Waals surface area contributed by atoms with Gasteiger partial charge < -0.3 is 25.7 Å². The molecule has 1 saturated heterocycles. The Labute approximate surface area is 193 Å². The van der Waals surface area contributed by atoms with Gasteiger partial charge in [-0.25, -0.2) is 14.8 Å². The second kappa shape index (κ2) is 8.04. The van der Waals surface area contributed by atoms with Crippen LogP contribution in [0.3, 0.4) is 0 Å². The highest BCUT2D eigenvalue weighted by Gasteiger charge is 2.47. The molecule has 9 nitrogen and oxygen atoms in total. The molecule has 5 atom stereocenters. The quantitative estimate of drug-likeness (QED) is 0.612. The molecule has 2 aromatic heterocycles. The lowest BCUT2D eigenvalue weighted by Gasteiger charge is -2.33. The van der Waals surface area contributed by atoms with Crippen LogP contribution in [0.4, 0.5) is 10.5 Å². The standard InChI is InChI=1S/C24H32N6O3/c1-24(2,3)33-23(32)30-10-4-5-15(12-30)21-28-19-16(8-9-26-22(19)29-21)27-18-14-7-6-13(11-14)17(18)20(25)31/h6-9,13-15,17-18H,4-5,10-12H2,1-3H3,(H2,25,31)(H2,26,27,28,29)/t13-,14+,15?,17+,18-/m1/s1. The van der Waals surface area contributed by atoms with Crippen LogP contribution >= 0.6 is 0 Å². The van der Waals surface area contributed by atoms with Gasteiger partial charge in [-0.1, -0.05) is 12.2 Å². The number of ether oxygens (including phenoxy) is 1. The van der Waals surface area contributed by atoms with Gasteiger partial charge in [0.15, 0.2) is 5.65 Å². The number of allylic oxidation sites excluding steroid dienone is 1. The first-order valence-corrected chi connectivity index (χ1v) is 11.8. The first-order valence-electron chi connectivity index (χ1n) is 11.8. The van der Waals surface area contributed by atoms with Crippen molar-refractivity contribution in [1.82, 2.24) is 19.9 Å². The number of piperidine rings is 1. The summed E-state index contributed by atoms with van der Waals surface area (Å²) in [4.78, 5) is 39.1. The van der Waals surface area contributed by atoms with Crippen LogP contribution in [-0.2, 0) is 9.53 Å². The van der Waals surface area contributed by atoms with Crippen molar-refractivity contribution in [2.24, 2.45) is 23.5 Å². The molecular formula is C24H32N6O3. The maximum atomic E-state index is 12.6. The lowest BCUT2D eigenvalue weighted by Crippen LogP contribution is -2.42. The molecule has 2 amide bonds. The van der Waals surface area contributed by atoms with Crippen LogP contribution in [0.1, 0.15) is 51.8 Å². The summed E-state index contributed by atoms with van der Waals surface area (Å²) >= 11 is 0. The van der Waals surface area contributed by atoms with E-state index < -0.39 is 5.60 Å². The number of carbonyl (C=O) groups excluding carboxylic acids is 2. The minimum atomic E-state index is -0.522. The molecule has 2 fully saturated rings. The minimum absolute atomic E-state index is 0.0350. The highest BCUT2D eigenvalue weighted by Crippen LogP contribution is 2.45. The molecule has 2 bridgehead atoms. The van der Waals surface area contributed by atoms with Crippen LogP contribution in [0.25, 0.3) is 11.2 Å². The molecule has 0 spiro atoms. The number of hydrogen-bond acceptors (Lipinski definition) is 6. The van der Waals surface area contributed by atoms with Gasteiger partial charge in [-0.3, -0.25) is 4.79 Å². The largest absolute Gasteiger partial charge is 0.444 e. The van der Waals surface area contributed by atoms with E-state index in [1.807, 2.05) is 26.8 Å². The molecule has 1 unspecified atom stereocenters. The zero-order valence-corrected chi connectivity index (χ0v) is 19.4. The number of rotatable bonds is 4. The highest BCUT2D eigenvalue weighted by molar-refractivity contribution is 5.86. The Morgan fingerprint density at radius 3 is 2.82 bits per heavy atom. The van der Waals surface area contributed by atoms with Crippen LogP contribution in [0.2, 0.25) is 0 Å². The van der Waals surface area contributed by atoms with Gasteiger partial charge in [-0.15, -0.1) is 0 Å². The number of amides is 2. The summed E-state index contributed by atoms with van der Waals surface area (Å²) in [5.41, 5.74) is 7.52. The van der Waals surface area contributed by atoms with E-state index in [4.69, 9.17) is 15.5 Å². The molecule has 2 aliphatic carbocycles. The normalized spacial score (nSPS) is 28.9. The summed E-state index contributed by atoms with van der Waals surface area (Å²) in [6.45, 7) is 6.86. The number of aromatic nitrogens is 3. The Bertz CT molecular complexity index is 1100. The van der Waals surface area contributed by atoms with E-state index in [0.717, 1.165) is 36.3 Å². The van der Waals surface area contributed by atoms with Gasteiger partial charge in [0.2, 0.25) is 5.91 Å². The van der Waals surface area contributed by atoms with E-state index in [2.05, 4.69) is 27.4 Å². The molecule has 5 rings (SSSR count). The molecule has 3 aliphatic rings. The van der Waals surface area contributed by atoms with E-state index in [0.29, 0.717) is 24.7 Å². The van der Waals surface area contributed by atoms with Crippen LogP contribution in [0, 0.1) is 17.8 Å². The van der Waals surface area contributed by atoms with Gasteiger partial charge >= 0.3 is 6.09 Å². The summed E-state index contributed by atoms with van der Waals surface area (Å²) in [5, 5.41) is 3.57. The number of imidazole rings is 1. The smallest absolute Gasteiger partial charge is 0.410 e. The van der Waals surface area contributed by atoms with Gasteiger partial charge in [-0.05, 0) is 57.9 Å². The van der Waals surface area contributed by atoms with Crippen molar-refractivity contribution in [3.05, 3.63) is 30.2 Å². The zero-order chi connectivity index (χ0) is 23.3. The number of carbonyl (C=O) groups is 2. The first kappa shape index (κ1) is 21.7. The van der Waals surface area contributed by atoms with Gasteiger partial charge in [-0.2, -0.15) is 0 Å². The van der Waals surface area contributed by atoms with Crippen molar-refractivity contribution >= 4 is 28.9 Å². The van der Waals surface area contributed by atoms with Crippen molar-refractivity contribution in [1.29, 1.82) is 0 Å². The average Bonchev–Trinajstić information content (AvgIpc) is 3.47. The van der Waals surface area contributed by atoms with Crippen molar-refractivity contribution in [3.8, 4) is 0 Å². The zero-order valence-electron chi connectivity index (χ0n) is 19.4. The number of primary amides is 1. The van der Waals surface area contributed by atoms with Crippen LogP contribution in [0.5, 0.6) is 0 Å². The second-order valence-electron chi connectivity index (χ2n) is 10.5. The Morgan fingerprint density at radius 2 is 2.06 bits per heavy atom. The fourth-order valence-electron chi connectivity index (χ4n) is 5.52. The molecular weight excluding hydrogens is 420 g/mol. The number of H-pyrrole nitrogens is 1. The van der Waals surface area contributed by atoms with Crippen LogP contribution in [0.15, 0.2) is 24.4 Å². The third-order valence-electron chi connectivity index (χ3n) is 6.98. The number of fused-ring (bicyclic) bond motifs is 3. The van der Waals surface area contributed by atoms with Gasteiger partial charge in [0.05, 0.1) is 11.6 Å². The van der Waals surface area contributed by atoms with E-state index in [-0.39, 0.29) is 35.8 Å². The molecule has 33 heavy (non-hydrogen) atoms. The second-order valence-corrected chi connectivity index (χ2v) is 10.5. The molecule has 4 N–H and O–H groups in total. The van der Waals surface area contributed by atoms with Crippen molar-refractivity contribution in [2.75, 3.05) is 18.4 Å². The molecule has 2 aromatic rings. The number of aromatic amines is 1. The Balaban J connectivity index is 1.36. The summed E-state index contributed by atoms with van der Waals surface area (Å²) in [6, 6.07) is 1.87. The van der Waals surface area contributed by atoms with Crippen molar-refractivity contribution in [2.45, 2.75) is 57.6 Å². The van der Waals surface area contributed by atoms with E-state index in [9.17, 15) is 9.59 Å². The third-order valence-corrected chi connectivity index (χ3v) is 6.98. The Morgan fingerprint density at radius 1 is 1.27 bits per heavy atom. The molecule has 0 aromatic carbocycles. The van der Waals surface area contributed by atoms with Crippen molar-refractivity contribution in [3.63, 3.8) is 0 Å². The monoisotopic (exact) mass is 452 g/mol. The maximum absolute atomic E-state index is 12.6. The highest BCUT2D eigenvalue weighted by atomic mass is 16.6. The number of nitrogens with zero attached hydrogens (tertiary/aromatic N) is 3. The Kier molecular flexibility index (Phi) is 5.29. The third kappa shape index (κ3) is 4.16. The molecule has 176 valence electrons. The number of nitrogens with two attached hydrogens (primary N) is 1. The topological polar surface area (TPSA) is 126 Å². The SMILES string of the molecule is CC(C)(C)OC(=O)N1CCCC(c2nc3nccc(N[C@H]4[C@@H](C(N)=O)[C@@H]5C=C[C@H]4C5)c3[nH]2)C1. The number of pyridine rings is 1. The fourth-order valence-corrected chi connectivity index (χ4v) is 5.52. The Hall–Kier alpha value is -3.10. The number of anilines is 1. The van der Waals surface area contributed by atoms with Crippen LogP contribution in [-0.4, -0.2) is 56.6 Å². The predicted octanol–water partition coefficient (Wildman–Crippen LogP) is 3.16. The van der Waals surface area contributed by atoms with Crippen molar-refractivity contribution < 1.29 is 14.3 Å². The summed E-state index contributed by atoms with van der Waals surface area (Å²) in [5.74, 6) is 0.923. The fraction of sp³-hybridized carbons (Fsp3) is 0.583. The maximum Gasteiger partial charge on any atom is 0.410 e. The van der Waals surface area contributed by atoms with Gasteiger partial charge in [0.1, 0.15) is 16.9 Å². The number of nitrogens with one attached hydrogen (secondary N) is 2. The molecule has 0 radical (unpaired) electrons. The summed E-state index contributed by atoms with van der Waals surface area (Å²) in [7, 11) is 0. The van der Waals surface area contributed by atoms with E-state index in [1.165, 1.54) is 0 Å². The molecule has 1 saturated carbocycles.